The molecule has 5 heteroatoms. The van der Waals surface area contributed by atoms with Crippen LogP contribution in [-0.4, -0.2) is 16.9 Å². The Labute approximate surface area is 150 Å². The van der Waals surface area contributed by atoms with Gasteiger partial charge in [-0.05, 0) is 29.8 Å². The first-order chi connectivity index (χ1) is 12.4. The van der Waals surface area contributed by atoms with Gasteiger partial charge in [0, 0.05) is 24.8 Å². The molecule has 0 atom stereocenters. The Kier molecular flexibility index (Phi) is 4.80. The maximum absolute atomic E-state index is 11.4. The summed E-state index contributed by atoms with van der Waals surface area (Å²) in [6, 6.07) is 16.6. The number of hydrogen-bond donors (Lipinski definition) is 0. The molecule has 130 valence electrons. The van der Waals surface area contributed by atoms with Crippen molar-refractivity contribution in [3.05, 3.63) is 72.4 Å². The van der Waals surface area contributed by atoms with Gasteiger partial charge in [0.25, 0.3) is 0 Å². The van der Waals surface area contributed by atoms with Gasteiger partial charge >= 0.3 is 11.9 Å². The molecule has 2 aromatic carbocycles. The number of pyridine rings is 1. The van der Waals surface area contributed by atoms with Crippen molar-refractivity contribution in [1.29, 1.82) is 0 Å². The molecule has 0 aliphatic carbocycles. The van der Waals surface area contributed by atoms with Crippen molar-refractivity contribution in [3.8, 4) is 11.5 Å². The number of carbonyl (C=O) groups excluding carboxylic acids is 2. The van der Waals surface area contributed by atoms with E-state index in [1.807, 2.05) is 36.4 Å². The van der Waals surface area contributed by atoms with Gasteiger partial charge in [0.2, 0.25) is 0 Å². The fourth-order valence-electron chi connectivity index (χ4n) is 2.55. The van der Waals surface area contributed by atoms with Crippen LogP contribution in [0.5, 0.6) is 11.5 Å². The van der Waals surface area contributed by atoms with E-state index in [2.05, 4.69) is 11.6 Å². The van der Waals surface area contributed by atoms with Gasteiger partial charge in [-0.2, -0.15) is 0 Å². The summed E-state index contributed by atoms with van der Waals surface area (Å²) in [5, 5.41) is 1.04. The summed E-state index contributed by atoms with van der Waals surface area (Å²) in [6.45, 7) is 6.66. The van der Waals surface area contributed by atoms with E-state index in [4.69, 9.17) is 9.47 Å². The van der Waals surface area contributed by atoms with Crippen LogP contribution in [0.25, 0.3) is 16.5 Å². The highest BCUT2D eigenvalue weighted by molar-refractivity contribution is 5.84. The summed E-state index contributed by atoms with van der Waals surface area (Å²) < 4.78 is 10.2. The maximum atomic E-state index is 11.4. The van der Waals surface area contributed by atoms with E-state index in [1.165, 1.54) is 13.8 Å². The molecular formula is C21H17NO4. The lowest BCUT2D eigenvalue weighted by Crippen LogP contribution is -2.07. The van der Waals surface area contributed by atoms with Gasteiger partial charge in [0.05, 0.1) is 11.2 Å². The van der Waals surface area contributed by atoms with Crippen molar-refractivity contribution >= 4 is 28.4 Å². The van der Waals surface area contributed by atoms with Gasteiger partial charge in [-0.15, -0.1) is 0 Å². The average molecular weight is 347 g/mol. The van der Waals surface area contributed by atoms with Crippen LogP contribution in [0.15, 0.2) is 61.2 Å². The SMILES string of the molecule is C=C(c1ccc(OC(C)=O)c(OC(C)=O)c1)c1ccc2ccccc2n1. The molecule has 0 saturated heterocycles. The monoisotopic (exact) mass is 347 g/mol. The van der Waals surface area contributed by atoms with E-state index in [0.29, 0.717) is 16.8 Å². The molecule has 0 bridgehead atoms. The predicted octanol–water partition coefficient (Wildman–Crippen LogP) is 4.15. The van der Waals surface area contributed by atoms with Crippen LogP contribution in [0.2, 0.25) is 0 Å². The molecule has 5 nitrogen and oxygen atoms in total. The Balaban J connectivity index is 1.99. The third-order valence-corrected chi connectivity index (χ3v) is 3.71. The zero-order valence-electron chi connectivity index (χ0n) is 14.5. The van der Waals surface area contributed by atoms with Crippen molar-refractivity contribution < 1.29 is 19.1 Å². The first-order valence-electron chi connectivity index (χ1n) is 8.00. The largest absolute Gasteiger partial charge is 0.423 e. The first-order valence-corrected chi connectivity index (χ1v) is 8.00. The smallest absolute Gasteiger partial charge is 0.308 e. The lowest BCUT2D eigenvalue weighted by molar-refractivity contribution is -0.134. The van der Waals surface area contributed by atoms with Crippen LogP contribution in [0, 0.1) is 0 Å². The van der Waals surface area contributed by atoms with E-state index < -0.39 is 11.9 Å². The second-order valence-corrected chi connectivity index (χ2v) is 5.72. The van der Waals surface area contributed by atoms with Gasteiger partial charge in [0.1, 0.15) is 0 Å². The highest BCUT2D eigenvalue weighted by Gasteiger charge is 2.14. The topological polar surface area (TPSA) is 65.5 Å². The number of aromatic nitrogens is 1. The molecule has 26 heavy (non-hydrogen) atoms. The number of fused-ring (bicyclic) bond motifs is 1. The minimum atomic E-state index is -0.509. The molecule has 1 aromatic heterocycles. The molecule has 0 unspecified atom stereocenters. The zero-order valence-corrected chi connectivity index (χ0v) is 14.5. The lowest BCUT2D eigenvalue weighted by Gasteiger charge is -2.12. The summed E-state index contributed by atoms with van der Waals surface area (Å²) in [5.41, 5.74) is 2.94. The molecule has 1 heterocycles. The Hall–Kier alpha value is -3.47. The number of hydrogen-bond acceptors (Lipinski definition) is 5. The molecule has 3 rings (SSSR count). The minimum absolute atomic E-state index is 0.159. The van der Waals surface area contributed by atoms with Crippen molar-refractivity contribution in [2.75, 3.05) is 0 Å². The van der Waals surface area contributed by atoms with Crippen molar-refractivity contribution in [2.24, 2.45) is 0 Å². The van der Waals surface area contributed by atoms with Gasteiger partial charge in [-0.1, -0.05) is 36.9 Å². The van der Waals surface area contributed by atoms with Crippen LogP contribution in [0.1, 0.15) is 25.1 Å². The van der Waals surface area contributed by atoms with Crippen molar-refractivity contribution in [3.63, 3.8) is 0 Å². The van der Waals surface area contributed by atoms with Crippen molar-refractivity contribution in [1.82, 2.24) is 4.98 Å². The summed E-state index contributed by atoms with van der Waals surface area (Å²) >= 11 is 0. The molecule has 0 spiro atoms. The maximum Gasteiger partial charge on any atom is 0.308 e. The van der Waals surface area contributed by atoms with Crippen LogP contribution < -0.4 is 9.47 Å². The van der Waals surface area contributed by atoms with Crippen LogP contribution in [0.4, 0.5) is 0 Å². The minimum Gasteiger partial charge on any atom is -0.423 e. The molecule has 0 aliphatic heterocycles. The summed E-state index contributed by atoms with van der Waals surface area (Å²) in [4.78, 5) is 27.2. The highest BCUT2D eigenvalue weighted by atomic mass is 16.6. The number of esters is 2. The lowest BCUT2D eigenvalue weighted by atomic mass is 10.0. The van der Waals surface area contributed by atoms with E-state index in [9.17, 15) is 9.59 Å². The second-order valence-electron chi connectivity index (χ2n) is 5.72. The van der Waals surface area contributed by atoms with Crippen LogP contribution in [-0.2, 0) is 9.59 Å². The normalized spacial score (nSPS) is 10.4. The Morgan fingerprint density at radius 2 is 1.58 bits per heavy atom. The van der Waals surface area contributed by atoms with Crippen LogP contribution in [0.3, 0.4) is 0 Å². The zero-order chi connectivity index (χ0) is 18.7. The second kappa shape index (κ2) is 7.19. The third kappa shape index (κ3) is 3.78. The molecule has 0 N–H and O–H groups in total. The molecule has 0 radical (unpaired) electrons. The summed E-state index contributed by atoms with van der Waals surface area (Å²) in [6.07, 6.45) is 0. The van der Waals surface area contributed by atoms with E-state index in [-0.39, 0.29) is 11.5 Å². The predicted molar refractivity (Wildman–Crippen MR) is 98.9 cm³/mol. The Morgan fingerprint density at radius 1 is 0.885 bits per heavy atom. The highest BCUT2D eigenvalue weighted by Crippen LogP contribution is 2.33. The van der Waals surface area contributed by atoms with E-state index in [0.717, 1.165) is 10.9 Å². The number of carbonyl (C=O) groups is 2. The number of para-hydroxylation sites is 1. The van der Waals surface area contributed by atoms with Crippen molar-refractivity contribution in [2.45, 2.75) is 13.8 Å². The molecule has 0 aliphatic rings. The fourth-order valence-corrected chi connectivity index (χ4v) is 2.55. The Bertz CT molecular complexity index is 1020. The van der Waals surface area contributed by atoms with Crippen LogP contribution >= 0.6 is 0 Å². The molecule has 0 amide bonds. The van der Waals surface area contributed by atoms with Gasteiger partial charge in [0.15, 0.2) is 11.5 Å². The van der Waals surface area contributed by atoms with E-state index in [1.54, 1.807) is 18.2 Å². The standard InChI is InChI=1S/C21H17NO4/c1-13(18-10-8-16-6-4-5-7-19(16)22-18)17-9-11-20(25-14(2)23)21(12-17)26-15(3)24/h4-12H,1H2,2-3H3. The molecular weight excluding hydrogens is 330 g/mol. The number of ether oxygens (including phenoxy) is 2. The van der Waals surface area contributed by atoms with Gasteiger partial charge < -0.3 is 9.47 Å². The molecule has 0 fully saturated rings. The number of rotatable bonds is 4. The third-order valence-electron chi connectivity index (χ3n) is 3.71. The molecule has 0 saturated carbocycles. The van der Waals surface area contributed by atoms with E-state index >= 15 is 0 Å². The summed E-state index contributed by atoms with van der Waals surface area (Å²) in [7, 11) is 0. The Morgan fingerprint density at radius 3 is 2.31 bits per heavy atom. The number of benzene rings is 2. The average Bonchev–Trinajstić information content (AvgIpc) is 2.61. The molecule has 3 aromatic rings. The quantitative estimate of drug-likeness (QED) is 0.524. The summed E-state index contributed by atoms with van der Waals surface area (Å²) in [5.74, 6) is -0.672. The van der Waals surface area contributed by atoms with Gasteiger partial charge in [-0.25, -0.2) is 4.98 Å². The van der Waals surface area contributed by atoms with Gasteiger partial charge in [-0.3, -0.25) is 9.59 Å². The first kappa shape index (κ1) is 17.4. The fraction of sp³-hybridized carbons (Fsp3) is 0.0952. The number of nitrogens with zero attached hydrogens (tertiary/aromatic N) is 1.